The first-order chi connectivity index (χ1) is 17.5. The van der Waals surface area contributed by atoms with Crippen LogP contribution >= 0.6 is 0 Å². The third-order valence-corrected chi connectivity index (χ3v) is 6.69. The highest BCUT2D eigenvalue weighted by Gasteiger charge is 2.23. The number of hydrogen-bond donors (Lipinski definition) is 2. The molecular weight excluding hydrogens is 456 g/mol. The minimum atomic E-state index is -0.453. The highest BCUT2D eigenvalue weighted by Crippen LogP contribution is 2.32. The van der Waals surface area contributed by atoms with Crippen molar-refractivity contribution in [2.24, 2.45) is 5.92 Å². The Morgan fingerprint density at radius 3 is 2.58 bits per heavy atom. The normalized spacial score (nSPS) is 16.1. The first-order valence-corrected chi connectivity index (χ1v) is 12.8. The minimum Gasteiger partial charge on any atom is -0.494 e. The van der Waals surface area contributed by atoms with E-state index in [1.54, 1.807) is 31.2 Å². The molecule has 3 aromatic rings. The second-order valence-corrected chi connectivity index (χ2v) is 9.49. The molecule has 0 amide bonds. The molecule has 7 heteroatoms. The lowest BCUT2D eigenvalue weighted by Gasteiger charge is -2.32. The van der Waals surface area contributed by atoms with Crippen LogP contribution in [0.3, 0.4) is 0 Å². The maximum absolute atomic E-state index is 12.9. The highest BCUT2D eigenvalue weighted by molar-refractivity contribution is 5.93. The van der Waals surface area contributed by atoms with E-state index >= 15 is 0 Å². The molecule has 1 aliphatic rings. The van der Waals surface area contributed by atoms with Gasteiger partial charge in [0.15, 0.2) is 5.88 Å². The fourth-order valence-electron chi connectivity index (χ4n) is 4.77. The summed E-state index contributed by atoms with van der Waals surface area (Å²) in [5, 5.41) is 20.6. The number of carbonyl (C=O) groups is 1. The number of aromatic nitrogens is 1. The van der Waals surface area contributed by atoms with E-state index < -0.39 is 5.97 Å². The Kier molecular flexibility index (Phi) is 8.90. The van der Waals surface area contributed by atoms with Gasteiger partial charge in [0.25, 0.3) is 0 Å². The molecule has 0 aliphatic carbocycles. The second kappa shape index (κ2) is 12.5. The molecule has 1 atom stereocenters. The lowest BCUT2D eigenvalue weighted by Crippen LogP contribution is -2.38. The van der Waals surface area contributed by atoms with Gasteiger partial charge in [-0.25, -0.2) is 4.79 Å². The van der Waals surface area contributed by atoms with E-state index in [1.807, 2.05) is 30.3 Å². The van der Waals surface area contributed by atoms with Crippen LogP contribution in [-0.2, 0) is 4.74 Å². The van der Waals surface area contributed by atoms with Crippen LogP contribution in [0.1, 0.15) is 48.0 Å². The lowest BCUT2D eigenvalue weighted by atomic mass is 9.98. The number of piperidine rings is 1. The van der Waals surface area contributed by atoms with Crippen molar-refractivity contribution in [1.82, 2.24) is 9.47 Å². The maximum Gasteiger partial charge on any atom is 0.340 e. The van der Waals surface area contributed by atoms with E-state index in [9.17, 15) is 15.0 Å². The summed E-state index contributed by atoms with van der Waals surface area (Å²) < 4.78 is 12.7. The number of aromatic hydroxyl groups is 2. The van der Waals surface area contributed by atoms with E-state index in [0.29, 0.717) is 29.3 Å². The fraction of sp³-hybridized carbons (Fsp3) is 0.414. The smallest absolute Gasteiger partial charge is 0.340 e. The molecule has 0 bridgehead atoms. The maximum atomic E-state index is 12.9. The van der Waals surface area contributed by atoms with Crippen LogP contribution in [0.2, 0.25) is 0 Å². The number of nitrogens with zero attached hydrogens (tertiary/aromatic N) is 2. The van der Waals surface area contributed by atoms with Crippen molar-refractivity contribution in [3.8, 4) is 23.2 Å². The molecule has 0 radical (unpaired) electrons. The number of carbonyl (C=O) groups excluding carboxylic acids is 1. The van der Waals surface area contributed by atoms with Gasteiger partial charge in [0.05, 0.1) is 24.5 Å². The van der Waals surface area contributed by atoms with Gasteiger partial charge in [-0.2, -0.15) is 0 Å². The number of unbranched alkanes of at least 4 members (excludes halogenated alkanes) is 2. The topological polar surface area (TPSA) is 84.2 Å². The third-order valence-electron chi connectivity index (χ3n) is 6.69. The summed E-state index contributed by atoms with van der Waals surface area (Å²) in [7, 11) is 0. The van der Waals surface area contributed by atoms with E-state index in [4.69, 9.17) is 9.47 Å². The molecule has 0 spiro atoms. The Balaban J connectivity index is 1.22. The molecule has 2 aromatic carbocycles. The van der Waals surface area contributed by atoms with Crippen LogP contribution in [-0.4, -0.2) is 58.5 Å². The zero-order valence-electron chi connectivity index (χ0n) is 20.9. The summed E-state index contributed by atoms with van der Waals surface area (Å²) in [6, 6.07) is 18.2. The molecule has 7 nitrogen and oxygen atoms in total. The van der Waals surface area contributed by atoms with Crippen molar-refractivity contribution >= 4 is 5.97 Å². The number of para-hydroxylation sites is 2. The first kappa shape index (κ1) is 25.6. The largest absolute Gasteiger partial charge is 0.494 e. The summed E-state index contributed by atoms with van der Waals surface area (Å²) in [4.78, 5) is 15.4. The van der Waals surface area contributed by atoms with Crippen LogP contribution < -0.4 is 4.74 Å². The Morgan fingerprint density at radius 2 is 1.81 bits per heavy atom. The molecule has 4 rings (SSSR count). The van der Waals surface area contributed by atoms with Gasteiger partial charge in [-0.3, -0.25) is 4.57 Å². The number of aryl methyl sites for hydroxylation is 1. The van der Waals surface area contributed by atoms with Gasteiger partial charge in [0.2, 0.25) is 5.88 Å². The summed E-state index contributed by atoms with van der Waals surface area (Å²) in [5.41, 5.74) is 1.23. The average Bonchev–Trinajstić information content (AvgIpc) is 3.16. The van der Waals surface area contributed by atoms with Crippen LogP contribution in [0.15, 0.2) is 60.7 Å². The Hall–Kier alpha value is -3.45. The Morgan fingerprint density at radius 1 is 1.03 bits per heavy atom. The van der Waals surface area contributed by atoms with Crippen LogP contribution in [0.4, 0.5) is 0 Å². The van der Waals surface area contributed by atoms with Crippen molar-refractivity contribution in [2.75, 3.05) is 32.8 Å². The van der Waals surface area contributed by atoms with E-state index in [2.05, 4.69) is 4.90 Å². The summed E-state index contributed by atoms with van der Waals surface area (Å²) in [6.07, 6.45) is 5.42. The average molecular weight is 493 g/mol. The van der Waals surface area contributed by atoms with Crippen molar-refractivity contribution in [2.45, 2.75) is 39.0 Å². The van der Waals surface area contributed by atoms with Gasteiger partial charge >= 0.3 is 5.97 Å². The monoisotopic (exact) mass is 492 g/mol. The number of hydrogen-bond acceptors (Lipinski definition) is 6. The van der Waals surface area contributed by atoms with Crippen molar-refractivity contribution in [3.63, 3.8) is 0 Å². The SMILES string of the molecule is Cc1cc(O)n(-c2ccccc2C(=O)OCC2CCCN(CCCCCOc3ccccc3)C2)c1O. The Bertz CT molecular complexity index is 1130. The fourth-order valence-corrected chi connectivity index (χ4v) is 4.77. The predicted octanol–water partition coefficient (Wildman–Crippen LogP) is 5.32. The number of esters is 1. The first-order valence-electron chi connectivity index (χ1n) is 12.8. The zero-order valence-corrected chi connectivity index (χ0v) is 20.9. The Labute approximate surface area is 212 Å². The van der Waals surface area contributed by atoms with Crippen molar-refractivity contribution in [1.29, 1.82) is 0 Å². The minimum absolute atomic E-state index is 0.0951. The zero-order chi connectivity index (χ0) is 25.3. The molecule has 0 saturated carbocycles. The van der Waals surface area contributed by atoms with Gasteiger partial charge in [-0.05, 0) is 76.4 Å². The second-order valence-electron chi connectivity index (χ2n) is 9.49. The van der Waals surface area contributed by atoms with Crippen molar-refractivity contribution < 1.29 is 24.5 Å². The molecule has 1 unspecified atom stereocenters. The molecule has 1 aliphatic heterocycles. The van der Waals surface area contributed by atoms with Gasteiger partial charge in [-0.1, -0.05) is 30.3 Å². The molecule has 192 valence electrons. The predicted molar refractivity (Wildman–Crippen MR) is 139 cm³/mol. The van der Waals surface area contributed by atoms with E-state index in [0.717, 1.165) is 64.1 Å². The van der Waals surface area contributed by atoms with Crippen LogP contribution in [0.5, 0.6) is 17.5 Å². The van der Waals surface area contributed by atoms with Gasteiger partial charge in [0.1, 0.15) is 5.75 Å². The van der Waals surface area contributed by atoms with Crippen LogP contribution in [0.25, 0.3) is 5.69 Å². The van der Waals surface area contributed by atoms with E-state index in [-0.39, 0.29) is 11.8 Å². The molecule has 2 N–H and O–H groups in total. The number of ether oxygens (including phenoxy) is 2. The van der Waals surface area contributed by atoms with Gasteiger partial charge in [-0.15, -0.1) is 0 Å². The summed E-state index contributed by atoms with van der Waals surface area (Å²) >= 11 is 0. The quantitative estimate of drug-likeness (QED) is 0.279. The number of benzene rings is 2. The molecule has 36 heavy (non-hydrogen) atoms. The van der Waals surface area contributed by atoms with Crippen LogP contribution in [0, 0.1) is 12.8 Å². The van der Waals surface area contributed by atoms with Crippen molar-refractivity contribution in [3.05, 3.63) is 71.8 Å². The number of likely N-dealkylation sites (tertiary alicyclic amines) is 1. The molecule has 1 aromatic heterocycles. The third kappa shape index (κ3) is 6.61. The van der Waals surface area contributed by atoms with E-state index in [1.165, 1.54) is 10.6 Å². The molecular formula is C29H36N2O5. The number of rotatable bonds is 11. The standard InChI is InChI=1S/C29H36N2O5/c1-22-19-27(32)31(28(22)33)26-15-7-6-14-25(26)29(34)36-21-23-11-10-17-30(20-23)16-8-3-9-18-35-24-12-4-2-5-13-24/h2,4-7,12-15,19,23,32-33H,3,8-11,16-18,20-21H2,1H3. The molecule has 1 saturated heterocycles. The summed E-state index contributed by atoms with van der Waals surface area (Å²) in [5.74, 6) is 0.547. The lowest BCUT2D eigenvalue weighted by molar-refractivity contribution is 0.0353. The van der Waals surface area contributed by atoms with Gasteiger partial charge in [0, 0.05) is 24.1 Å². The molecule has 2 heterocycles. The summed E-state index contributed by atoms with van der Waals surface area (Å²) in [6.45, 7) is 5.84. The highest BCUT2D eigenvalue weighted by atomic mass is 16.5. The molecule has 1 fully saturated rings. The van der Waals surface area contributed by atoms with Gasteiger partial charge < -0.3 is 24.6 Å².